The molecule has 2 atom stereocenters. The predicted octanol–water partition coefficient (Wildman–Crippen LogP) is 1.51. The normalized spacial score (nSPS) is 32.2. The highest BCUT2D eigenvalue weighted by atomic mass is 19.4. The van der Waals surface area contributed by atoms with Gasteiger partial charge in [0.2, 0.25) is 0 Å². The number of hydrogen-bond acceptors (Lipinski definition) is 2. The second-order valence-electron chi connectivity index (χ2n) is 5.02. The number of carbonyl (C=O) groups is 2. The summed E-state index contributed by atoms with van der Waals surface area (Å²) in [5, 5.41) is 9.10. The van der Waals surface area contributed by atoms with Crippen molar-refractivity contribution in [3.05, 3.63) is 0 Å². The molecule has 0 aromatic rings. The highest BCUT2D eigenvalue weighted by Crippen LogP contribution is 2.40. The molecule has 2 bridgehead atoms. The van der Waals surface area contributed by atoms with Crippen molar-refractivity contribution >= 4 is 11.9 Å². The summed E-state index contributed by atoms with van der Waals surface area (Å²) in [6.45, 7) is -0.183. The number of nitrogens with zero attached hydrogens (tertiary/aromatic N) is 1. The topological polar surface area (TPSA) is 57.6 Å². The van der Waals surface area contributed by atoms with Crippen LogP contribution in [0.1, 0.15) is 19.3 Å². The Morgan fingerprint density at radius 2 is 1.61 bits per heavy atom. The molecule has 102 valence electrons. The first kappa shape index (κ1) is 13.2. The van der Waals surface area contributed by atoms with Gasteiger partial charge in [-0.2, -0.15) is 13.2 Å². The Hall–Kier alpha value is -1.27. The van der Waals surface area contributed by atoms with Crippen LogP contribution in [0.15, 0.2) is 0 Å². The number of fused-ring (bicyclic) bond motifs is 2. The van der Waals surface area contributed by atoms with Crippen molar-refractivity contribution in [3.8, 4) is 0 Å². The van der Waals surface area contributed by atoms with Gasteiger partial charge in [0.1, 0.15) is 0 Å². The van der Waals surface area contributed by atoms with Gasteiger partial charge in [0.25, 0.3) is 0 Å². The third kappa shape index (κ3) is 2.30. The Morgan fingerprint density at radius 3 is 2.00 bits per heavy atom. The van der Waals surface area contributed by atoms with E-state index in [0.717, 1.165) is 11.3 Å². The Labute approximate surface area is 102 Å². The first-order valence-electron chi connectivity index (χ1n) is 5.89. The molecule has 0 spiro atoms. The summed E-state index contributed by atoms with van der Waals surface area (Å²) in [6, 6.07) is 0. The lowest BCUT2D eigenvalue weighted by Crippen LogP contribution is -2.55. The van der Waals surface area contributed by atoms with Gasteiger partial charge in [-0.3, -0.25) is 9.59 Å². The van der Waals surface area contributed by atoms with Gasteiger partial charge >= 0.3 is 18.1 Å². The van der Waals surface area contributed by atoms with Gasteiger partial charge in [-0.1, -0.05) is 6.42 Å². The zero-order chi connectivity index (χ0) is 13.5. The number of rotatable bonds is 1. The van der Waals surface area contributed by atoms with Gasteiger partial charge in [-0.15, -0.1) is 0 Å². The molecule has 1 saturated carbocycles. The molecule has 0 aromatic carbocycles. The van der Waals surface area contributed by atoms with Crippen molar-refractivity contribution in [2.75, 3.05) is 13.1 Å². The van der Waals surface area contributed by atoms with Gasteiger partial charge < -0.3 is 10.0 Å². The Bertz CT molecular complexity index is 355. The second-order valence-corrected chi connectivity index (χ2v) is 5.02. The summed E-state index contributed by atoms with van der Waals surface area (Å²) < 4.78 is 37.1. The van der Waals surface area contributed by atoms with E-state index in [9.17, 15) is 22.8 Å². The first-order valence-corrected chi connectivity index (χ1v) is 5.89. The van der Waals surface area contributed by atoms with Gasteiger partial charge in [-0.05, 0) is 24.7 Å². The maximum Gasteiger partial charge on any atom is 0.471 e. The molecule has 0 radical (unpaired) electrons. The molecule has 1 saturated heterocycles. The predicted molar refractivity (Wildman–Crippen MR) is 54.6 cm³/mol. The molecule has 7 heteroatoms. The quantitative estimate of drug-likeness (QED) is 0.781. The van der Waals surface area contributed by atoms with Gasteiger partial charge in [-0.25, -0.2) is 0 Å². The lowest BCUT2D eigenvalue weighted by Gasteiger charge is -2.45. The van der Waals surface area contributed by atoms with Crippen LogP contribution in [0.25, 0.3) is 0 Å². The molecule has 1 heterocycles. The van der Waals surface area contributed by atoms with Crippen LogP contribution in [-0.2, 0) is 9.59 Å². The maximum absolute atomic E-state index is 12.4. The van der Waals surface area contributed by atoms with E-state index in [1.54, 1.807) is 0 Å². The van der Waals surface area contributed by atoms with Crippen molar-refractivity contribution < 1.29 is 27.9 Å². The third-order valence-electron chi connectivity index (χ3n) is 3.89. The number of amides is 1. The lowest BCUT2D eigenvalue weighted by atomic mass is 9.69. The fourth-order valence-corrected chi connectivity index (χ4v) is 3.19. The number of carboxylic acids is 1. The standard InChI is InChI=1S/C11H14F3NO3/c12-11(13,14)10(18)15-4-6-2-1-3-7(5-15)8(6)9(16)17/h6-8H,1-5H2,(H,16,17). The van der Waals surface area contributed by atoms with E-state index in [1.165, 1.54) is 0 Å². The number of aliphatic carboxylic acids is 1. The van der Waals surface area contributed by atoms with Gasteiger partial charge in [0.05, 0.1) is 5.92 Å². The molecule has 2 rings (SSSR count). The molecular formula is C11H14F3NO3. The average Bonchev–Trinajstić information content (AvgIpc) is 2.24. The van der Waals surface area contributed by atoms with E-state index < -0.39 is 24.0 Å². The van der Waals surface area contributed by atoms with Crippen molar-refractivity contribution in [1.29, 1.82) is 0 Å². The van der Waals surface area contributed by atoms with Crippen LogP contribution >= 0.6 is 0 Å². The van der Waals surface area contributed by atoms with Crippen LogP contribution in [0, 0.1) is 17.8 Å². The molecule has 2 aliphatic rings. The zero-order valence-electron chi connectivity index (χ0n) is 9.61. The Balaban J connectivity index is 2.14. The van der Waals surface area contributed by atoms with E-state index in [-0.39, 0.29) is 24.9 Å². The number of halogens is 3. The highest BCUT2D eigenvalue weighted by molar-refractivity contribution is 5.82. The summed E-state index contributed by atoms with van der Waals surface area (Å²) in [6.07, 6.45) is -2.89. The average molecular weight is 265 g/mol. The van der Waals surface area contributed by atoms with Crippen molar-refractivity contribution in [2.45, 2.75) is 25.4 Å². The minimum Gasteiger partial charge on any atom is -0.481 e. The fourth-order valence-electron chi connectivity index (χ4n) is 3.19. The summed E-state index contributed by atoms with van der Waals surface area (Å²) in [5.41, 5.74) is 0. The van der Waals surface area contributed by atoms with E-state index in [2.05, 4.69) is 0 Å². The van der Waals surface area contributed by atoms with Crippen LogP contribution < -0.4 is 0 Å². The molecule has 18 heavy (non-hydrogen) atoms. The molecule has 0 aromatic heterocycles. The van der Waals surface area contributed by atoms with E-state index in [4.69, 9.17) is 5.11 Å². The fraction of sp³-hybridized carbons (Fsp3) is 0.818. The van der Waals surface area contributed by atoms with Crippen LogP contribution in [0.2, 0.25) is 0 Å². The Kier molecular flexibility index (Phi) is 3.25. The minimum atomic E-state index is -4.87. The number of piperidine rings is 1. The van der Waals surface area contributed by atoms with Crippen molar-refractivity contribution in [2.24, 2.45) is 17.8 Å². The maximum atomic E-state index is 12.4. The third-order valence-corrected chi connectivity index (χ3v) is 3.89. The monoisotopic (exact) mass is 265 g/mol. The molecule has 2 fully saturated rings. The van der Waals surface area contributed by atoms with Crippen LogP contribution in [-0.4, -0.2) is 41.1 Å². The number of alkyl halides is 3. The lowest BCUT2D eigenvalue weighted by molar-refractivity contribution is -0.191. The number of hydrogen-bond donors (Lipinski definition) is 1. The number of carbonyl (C=O) groups excluding carboxylic acids is 1. The Morgan fingerprint density at radius 1 is 1.11 bits per heavy atom. The zero-order valence-corrected chi connectivity index (χ0v) is 9.61. The number of carboxylic acid groups (broad SMARTS) is 1. The SMILES string of the molecule is O=C(O)C1C2CCCC1CN(C(=O)C(F)(F)F)C2. The summed E-state index contributed by atoms with van der Waals surface area (Å²) in [5.74, 6) is -4.09. The number of likely N-dealkylation sites (tertiary alicyclic amines) is 1. The van der Waals surface area contributed by atoms with E-state index in [0.29, 0.717) is 12.8 Å². The van der Waals surface area contributed by atoms with Gasteiger partial charge in [0.15, 0.2) is 0 Å². The summed E-state index contributed by atoms with van der Waals surface area (Å²) in [7, 11) is 0. The molecular weight excluding hydrogens is 251 g/mol. The van der Waals surface area contributed by atoms with Crippen LogP contribution in [0.3, 0.4) is 0 Å². The molecule has 1 N–H and O–H groups in total. The smallest absolute Gasteiger partial charge is 0.471 e. The largest absolute Gasteiger partial charge is 0.481 e. The molecule has 1 amide bonds. The van der Waals surface area contributed by atoms with E-state index in [1.807, 2.05) is 0 Å². The van der Waals surface area contributed by atoms with Crippen LogP contribution in [0.4, 0.5) is 13.2 Å². The highest BCUT2D eigenvalue weighted by Gasteiger charge is 2.49. The second kappa shape index (κ2) is 4.44. The van der Waals surface area contributed by atoms with E-state index >= 15 is 0 Å². The molecule has 1 aliphatic carbocycles. The first-order chi connectivity index (χ1) is 8.30. The van der Waals surface area contributed by atoms with Crippen molar-refractivity contribution in [1.82, 2.24) is 4.90 Å². The molecule has 2 unspecified atom stereocenters. The molecule has 4 nitrogen and oxygen atoms in total. The molecule has 1 aliphatic heterocycles. The van der Waals surface area contributed by atoms with Crippen molar-refractivity contribution in [3.63, 3.8) is 0 Å². The summed E-state index contributed by atoms with van der Waals surface area (Å²) >= 11 is 0. The summed E-state index contributed by atoms with van der Waals surface area (Å²) in [4.78, 5) is 23.1. The minimum absolute atomic E-state index is 0.0915. The van der Waals surface area contributed by atoms with Gasteiger partial charge in [0, 0.05) is 13.1 Å². The van der Waals surface area contributed by atoms with Crippen LogP contribution in [0.5, 0.6) is 0 Å².